The largest absolute Gasteiger partial charge is 0.377 e. The molecule has 0 aromatic carbocycles. The van der Waals surface area contributed by atoms with E-state index in [1.165, 1.54) is 5.57 Å². The number of halogens is 1. The van der Waals surface area contributed by atoms with E-state index in [1.54, 1.807) is 0 Å². The van der Waals surface area contributed by atoms with Gasteiger partial charge < -0.3 is 24.4 Å². The van der Waals surface area contributed by atoms with Crippen LogP contribution in [0.4, 0.5) is 0 Å². The first-order valence-electron chi connectivity index (χ1n) is 8.81. The fourth-order valence-electron chi connectivity index (χ4n) is 3.45. The molecule has 0 bridgehead atoms. The lowest BCUT2D eigenvalue weighted by molar-refractivity contribution is -0.0816. The standard InChI is InChI=1S/C17H29N3O3.HI/c1-18-17(19-7-4-14-5-10-21-11-6-14)20-8-12-23-16(13-20)15-3-2-9-22-15;/h5,15-16H,2-4,6-13H2,1H3,(H,18,19);1H. The predicted octanol–water partition coefficient (Wildman–Crippen LogP) is 1.80. The second kappa shape index (κ2) is 10.6. The number of hydrogen-bond donors (Lipinski definition) is 1. The van der Waals surface area contributed by atoms with Gasteiger partial charge in [0.2, 0.25) is 0 Å². The van der Waals surface area contributed by atoms with Gasteiger partial charge in [-0.25, -0.2) is 0 Å². The SMILES string of the molecule is CN=C(NCCC1=CCOCC1)N1CCOC(C2CCCO2)C1.I. The van der Waals surface area contributed by atoms with Crippen molar-refractivity contribution in [3.63, 3.8) is 0 Å². The molecule has 2 unspecified atom stereocenters. The average Bonchev–Trinajstić information content (AvgIpc) is 3.14. The number of nitrogens with zero attached hydrogens (tertiary/aromatic N) is 2. The molecule has 24 heavy (non-hydrogen) atoms. The lowest BCUT2D eigenvalue weighted by Gasteiger charge is -2.37. The van der Waals surface area contributed by atoms with Crippen molar-refractivity contribution in [2.45, 2.75) is 37.9 Å². The number of aliphatic imine (C=N–C) groups is 1. The summed E-state index contributed by atoms with van der Waals surface area (Å²) < 4.78 is 17.0. The minimum Gasteiger partial charge on any atom is -0.377 e. The van der Waals surface area contributed by atoms with E-state index in [-0.39, 0.29) is 36.2 Å². The lowest BCUT2D eigenvalue weighted by Crippen LogP contribution is -2.53. The molecule has 0 radical (unpaired) electrons. The molecule has 0 saturated carbocycles. The summed E-state index contributed by atoms with van der Waals surface area (Å²) in [7, 11) is 1.85. The number of ether oxygens (including phenoxy) is 3. The molecule has 6 nitrogen and oxygen atoms in total. The van der Waals surface area contributed by atoms with Crippen molar-refractivity contribution < 1.29 is 14.2 Å². The van der Waals surface area contributed by atoms with Crippen molar-refractivity contribution in [3.8, 4) is 0 Å². The molecule has 3 aliphatic rings. The Balaban J connectivity index is 0.00000208. The first-order valence-corrected chi connectivity index (χ1v) is 8.81. The molecule has 138 valence electrons. The summed E-state index contributed by atoms with van der Waals surface area (Å²) in [6, 6.07) is 0. The minimum atomic E-state index is 0. The van der Waals surface area contributed by atoms with Gasteiger partial charge in [-0.1, -0.05) is 11.6 Å². The lowest BCUT2D eigenvalue weighted by atomic mass is 10.1. The molecule has 0 aromatic rings. The molecule has 3 aliphatic heterocycles. The van der Waals surface area contributed by atoms with Crippen LogP contribution in [0.25, 0.3) is 0 Å². The van der Waals surface area contributed by atoms with Crippen LogP contribution >= 0.6 is 24.0 Å². The van der Waals surface area contributed by atoms with Crippen LogP contribution < -0.4 is 5.32 Å². The fraction of sp³-hybridized carbons (Fsp3) is 0.824. The normalized spacial score (nSPS) is 28.3. The Morgan fingerprint density at radius 2 is 2.17 bits per heavy atom. The molecular formula is C17H30IN3O3. The van der Waals surface area contributed by atoms with E-state index in [9.17, 15) is 0 Å². The molecule has 2 fully saturated rings. The third-order valence-corrected chi connectivity index (χ3v) is 4.77. The van der Waals surface area contributed by atoms with E-state index < -0.39 is 0 Å². The van der Waals surface area contributed by atoms with Crippen LogP contribution in [0, 0.1) is 0 Å². The summed E-state index contributed by atoms with van der Waals surface area (Å²) in [4.78, 5) is 6.75. The summed E-state index contributed by atoms with van der Waals surface area (Å²) in [5, 5.41) is 3.50. The van der Waals surface area contributed by atoms with E-state index in [2.05, 4.69) is 21.3 Å². The third-order valence-electron chi connectivity index (χ3n) is 4.77. The van der Waals surface area contributed by atoms with Gasteiger partial charge in [0.15, 0.2) is 5.96 Å². The van der Waals surface area contributed by atoms with Gasteiger partial charge in [-0.15, -0.1) is 24.0 Å². The number of morpholine rings is 1. The summed E-state index contributed by atoms with van der Waals surface area (Å²) in [6.07, 6.45) is 7.00. The Labute approximate surface area is 162 Å². The zero-order valence-corrected chi connectivity index (χ0v) is 16.9. The fourth-order valence-corrected chi connectivity index (χ4v) is 3.45. The number of hydrogen-bond acceptors (Lipinski definition) is 4. The zero-order valence-electron chi connectivity index (χ0n) is 14.5. The Morgan fingerprint density at radius 1 is 1.29 bits per heavy atom. The molecule has 0 aliphatic carbocycles. The van der Waals surface area contributed by atoms with E-state index in [1.807, 2.05) is 7.05 Å². The highest BCUT2D eigenvalue weighted by molar-refractivity contribution is 14.0. The maximum atomic E-state index is 5.91. The second-order valence-corrected chi connectivity index (χ2v) is 6.32. The Bertz CT molecular complexity index is 439. The summed E-state index contributed by atoms with van der Waals surface area (Å²) in [6.45, 7) is 5.90. The van der Waals surface area contributed by atoms with Gasteiger partial charge in [0.1, 0.15) is 6.10 Å². The number of nitrogens with one attached hydrogen (secondary N) is 1. The van der Waals surface area contributed by atoms with Crippen LogP contribution in [0.2, 0.25) is 0 Å². The van der Waals surface area contributed by atoms with Gasteiger partial charge in [-0.3, -0.25) is 4.99 Å². The topological polar surface area (TPSA) is 55.3 Å². The summed E-state index contributed by atoms with van der Waals surface area (Å²) in [5.74, 6) is 0.976. The van der Waals surface area contributed by atoms with Crippen molar-refractivity contribution in [1.82, 2.24) is 10.2 Å². The molecule has 3 heterocycles. The summed E-state index contributed by atoms with van der Waals surface area (Å²) in [5.41, 5.74) is 1.48. The van der Waals surface area contributed by atoms with Gasteiger partial charge in [-0.05, 0) is 25.7 Å². The predicted molar refractivity (Wildman–Crippen MR) is 105 cm³/mol. The van der Waals surface area contributed by atoms with Crippen molar-refractivity contribution in [1.29, 1.82) is 0 Å². The van der Waals surface area contributed by atoms with Gasteiger partial charge in [0, 0.05) is 33.3 Å². The Morgan fingerprint density at radius 3 is 2.88 bits per heavy atom. The van der Waals surface area contributed by atoms with E-state index in [4.69, 9.17) is 14.2 Å². The van der Waals surface area contributed by atoms with Crippen LogP contribution in [0.1, 0.15) is 25.7 Å². The van der Waals surface area contributed by atoms with Crippen molar-refractivity contribution in [2.75, 3.05) is 53.1 Å². The first kappa shape index (κ1) is 19.9. The first-order chi connectivity index (χ1) is 11.4. The quantitative estimate of drug-likeness (QED) is 0.306. The second-order valence-electron chi connectivity index (χ2n) is 6.32. The Hall–Kier alpha value is -0.380. The maximum absolute atomic E-state index is 5.91. The third kappa shape index (κ3) is 5.57. The molecule has 0 amide bonds. The van der Waals surface area contributed by atoms with Gasteiger partial charge in [0.25, 0.3) is 0 Å². The monoisotopic (exact) mass is 451 g/mol. The molecule has 0 aromatic heterocycles. The number of guanidine groups is 1. The van der Waals surface area contributed by atoms with Crippen LogP contribution in [0.5, 0.6) is 0 Å². The summed E-state index contributed by atoms with van der Waals surface area (Å²) >= 11 is 0. The molecule has 3 rings (SSSR count). The van der Waals surface area contributed by atoms with Gasteiger partial charge in [0.05, 0.1) is 25.9 Å². The zero-order chi connectivity index (χ0) is 15.9. The van der Waals surface area contributed by atoms with E-state index in [0.717, 1.165) is 77.7 Å². The number of rotatable bonds is 4. The highest BCUT2D eigenvalue weighted by Gasteiger charge is 2.32. The molecule has 2 saturated heterocycles. The van der Waals surface area contributed by atoms with Crippen molar-refractivity contribution >= 4 is 29.9 Å². The van der Waals surface area contributed by atoms with E-state index in [0.29, 0.717) is 0 Å². The molecular weight excluding hydrogens is 421 g/mol. The van der Waals surface area contributed by atoms with Crippen molar-refractivity contribution in [2.24, 2.45) is 4.99 Å². The highest BCUT2D eigenvalue weighted by atomic mass is 127. The highest BCUT2D eigenvalue weighted by Crippen LogP contribution is 2.21. The molecule has 1 N–H and O–H groups in total. The minimum absolute atomic E-state index is 0. The molecule has 7 heteroatoms. The maximum Gasteiger partial charge on any atom is 0.193 e. The van der Waals surface area contributed by atoms with Gasteiger partial charge in [-0.2, -0.15) is 0 Å². The van der Waals surface area contributed by atoms with Crippen LogP contribution in [-0.2, 0) is 14.2 Å². The molecule has 2 atom stereocenters. The van der Waals surface area contributed by atoms with E-state index >= 15 is 0 Å². The smallest absolute Gasteiger partial charge is 0.193 e. The van der Waals surface area contributed by atoms with Gasteiger partial charge >= 0.3 is 0 Å². The Kier molecular flexibility index (Phi) is 8.79. The van der Waals surface area contributed by atoms with Crippen LogP contribution in [0.3, 0.4) is 0 Å². The van der Waals surface area contributed by atoms with Crippen LogP contribution in [-0.4, -0.2) is 76.2 Å². The average molecular weight is 451 g/mol. The molecule has 0 spiro atoms. The van der Waals surface area contributed by atoms with Crippen molar-refractivity contribution in [3.05, 3.63) is 11.6 Å². The van der Waals surface area contributed by atoms with Crippen LogP contribution in [0.15, 0.2) is 16.6 Å².